The van der Waals surface area contributed by atoms with Crippen LogP contribution in [-0.2, 0) is 44.9 Å². The van der Waals surface area contributed by atoms with Gasteiger partial charge in [-0.25, -0.2) is 0 Å². The summed E-state index contributed by atoms with van der Waals surface area (Å²) < 4.78 is 0. The molecule has 5 rings (SSSR count). The number of carbonyl (C=O) groups excluding carboxylic acids is 4. The topological polar surface area (TPSA) is 209 Å². The fourth-order valence-corrected chi connectivity index (χ4v) is 5.77. The molecule has 0 fully saturated rings. The zero-order valence-corrected chi connectivity index (χ0v) is 29.5. The predicted molar refractivity (Wildman–Crippen MR) is 207 cm³/mol. The van der Waals surface area contributed by atoms with E-state index in [1.807, 2.05) is 60.7 Å². The summed E-state index contributed by atoms with van der Waals surface area (Å²) in [7, 11) is 0. The number of amides is 4. The first-order chi connectivity index (χ1) is 26.0. The van der Waals surface area contributed by atoms with E-state index >= 15 is 0 Å². The summed E-state index contributed by atoms with van der Waals surface area (Å²) in [6, 6.07) is 33.7. The maximum atomic E-state index is 13.9. The molecule has 278 valence electrons. The molecule has 4 atom stereocenters. The lowest BCUT2D eigenvalue weighted by Gasteiger charge is -2.23. The summed E-state index contributed by atoms with van der Waals surface area (Å²) in [6.45, 7) is 0. The van der Waals surface area contributed by atoms with E-state index in [1.54, 1.807) is 48.5 Å². The van der Waals surface area contributed by atoms with Crippen molar-refractivity contribution in [3.05, 3.63) is 156 Å². The molecule has 0 saturated heterocycles. The molecule has 0 aliphatic rings. The van der Waals surface area contributed by atoms with E-state index in [9.17, 15) is 29.4 Å². The third-order valence-corrected chi connectivity index (χ3v) is 8.73. The fourth-order valence-electron chi connectivity index (χ4n) is 5.77. The van der Waals surface area contributed by atoms with Gasteiger partial charge in [-0.3, -0.25) is 19.2 Å². The van der Waals surface area contributed by atoms with Crippen molar-refractivity contribution in [2.45, 2.75) is 49.9 Å². The Morgan fingerprint density at radius 2 is 0.741 bits per heavy atom. The van der Waals surface area contributed by atoms with Crippen LogP contribution in [0.1, 0.15) is 22.3 Å². The number of aromatic hydroxyl groups is 2. The van der Waals surface area contributed by atoms with Gasteiger partial charge in [0.05, 0.1) is 23.5 Å². The Hall–Kier alpha value is -6.50. The lowest BCUT2D eigenvalue weighted by molar-refractivity contribution is -0.127. The quantitative estimate of drug-likeness (QED) is 0.0752. The molecule has 0 aromatic heterocycles. The van der Waals surface area contributed by atoms with Gasteiger partial charge in [-0.15, -0.1) is 0 Å². The molecule has 5 aromatic carbocycles. The van der Waals surface area contributed by atoms with Gasteiger partial charge in [0.25, 0.3) is 0 Å². The smallest absolute Gasteiger partial charge is 0.247 e. The lowest BCUT2D eigenvalue weighted by Crippen LogP contribution is -2.52. The van der Waals surface area contributed by atoms with Crippen molar-refractivity contribution in [2.75, 3.05) is 10.6 Å². The Labute approximate surface area is 313 Å². The van der Waals surface area contributed by atoms with Crippen LogP contribution in [0.2, 0.25) is 0 Å². The fraction of sp³-hybridized carbons (Fsp3) is 0.190. The average molecular weight is 729 g/mol. The van der Waals surface area contributed by atoms with Gasteiger partial charge in [0, 0.05) is 12.8 Å². The summed E-state index contributed by atoms with van der Waals surface area (Å²) in [6.07, 6.45) is 0.689. The third kappa shape index (κ3) is 11.5. The number of anilines is 2. The average Bonchev–Trinajstić information content (AvgIpc) is 3.17. The maximum Gasteiger partial charge on any atom is 0.247 e. The van der Waals surface area contributed by atoms with E-state index in [4.69, 9.17) is 11.5 Å². The van der Waals surface area contributed by atoms with Crippen LogP contribution < -0.4 is 32.7 Å². The summed E-state index contributed by atoms with van der Waals surface area (Å²) in [5.41, 5.74) is 16.1. The van der Waals surface area contributed by atoms with Crippen LogP contribution in [0.5, 0.6) is 11.5 Å². The van der Waals surface area contributed by atoms with Crippen molar-refractivity contribution in [3.8, 4) is 11.5 Å². The first-order valence-electron chi connectivity index (χ1n) is 17.5. The van der Waals surface area contributed by atoms with Gasteiger partial charge in [-0.1, -0.05) is 97.1 Å². The van der Waals surface area contributed by atoms with Crippen molar-refractivity contribution >= 4 is 35.0 Å². The molecule has 0 saturated carbocycles. The summed E-state index contributed by atoms with van der Waals surface area (Å²) in [5, 5.41) is 30.5. The number of hydrogen-bond donors (Lipinski definition) is 8. The van der Waals surface area contributed by atoms with E-state index in [0.717, 1.165) is 22.3 Å². The number of phenolic OH excluding ortho intramolecular Hbond substituents is 2. The Morgan fingerprint density at radius 1 is 0.426 bits per heavy atom. The van der Waals surface area contributed by atoms with Crippen LogP contribution in [-0.4, -0.2) is 58.0 Å². The zero-order chi connectivity index (χ0) is 38.5. The predicted octanol–water partition coefficient (Wildman–Crippen LogP) is 3.57. The molecule has 10 N–H and O–H groups in total. The van der Waals surface area contributed by atoms with Crippen molar-refractivity contribution in [1.29, 1.82) is 0 Å². The number of carbonyl (C=O) groups is 4. The minimum Gasteiger partial charge on any atom is -0.508 e. The normalized spacial score (nSPS) is 13.1. The minimum atomic E-state index is -1.03. The number of nitrogens with one attached hydrogen (secondary N) is 4. The van der Waals surface area contributed by atoms with E-state index in [-0.39, 0.29) is 48.6 Å². The van der Waals surface area contributed by atoms with Crippen molar-refractivity contribution in [2.24, 2.45) is 11.5 Å². The highest BCUT2D eigenvalue weighted by Crippen LogP contribution is 2.23. The molecule has 0 bridgehead atoms. The Morgan fingerprint density at radius 3 is 1.09 bits per heavy atom. The van der Waals surface area contributed by atoms with Crippen molar-refractivity contribution < 1.29 is 29.4 Å². The molecule has 5 aromatic rings. The molecule has 0 aliphatic carbocycles. The highest BCUT2D eigenvalue weighted by molar-refractivity contribution is 6.04. The SMILES string of the molecule is N[C@H](Cc1ccc(O)cc1)C(=O)N[C@H](Cc1ccccc1)C(=O)Nc1ccccc1NC(=O)[C@@H](Cc1ccccc1)NC(=O)[C@H](N)Cc1ccc(O)cc1. The van der Waals surface area contributed by atoms with E-state index in [1.165, 1.54) is 24.3 Å². The van der Waals surface area contributed by atoms with Crippen molar-refractivity contribution in [3.63, 3.8) is 0 Å². The van der Waals surface area contributed by atoms with Crippen LogP contribution >= 0.6 is 0 Å². The number of nitrogens with two attached hydrogens (primary N) is 2. The van der Waals surface area contributed by atoms with E-state index < -0.39 is 47.8 Å². The second kappa shape index (κ2) is 18.8. The molecular weight excluding hydrogens is 684 g/mol. The number of benzene rings is 5. The van der Waals surface area contributed by atoms with Crippen LogP contribution in [0, 0.1) is 0 Å². The highest BCUT2D eigenvalue weighted by Gasteiger charge is 2.27. The van der Waals surface area contributed by atoms with Crippen molar-refractivity contribution in [1.82, 2.24) is 10.6 Å². The maximum absolute atomic E-state index is 13.9. The van der Waals surface area contributed by atoms with Gasteiger partial charge < -0.3 is 42.9 Å². The number of phenols is 2. The molecule has 0 radical (unpaired) electrons. The standard InChI is InChI=1S/C42H44N6O6/c43-33(23-29-15-19-31(49)20-16-29)39(51)47-37(25-27-9-3-1-4-10-27)41(53)45-35-13-7-8-14-36(35)46-42(54)38(26-28-11-5-2-6-12-28)48-40(52)34(44)24-30-17-21-32(50)22-18-30/h1-22,33-34,37-38,49-50H,23-26,43-44H2,(H,45,53)(H,46,54)(H,47,51)(H,48,52)/t33-,34-,37-,38-/m1/s1. The van der Waals surface area contributed by atoms with Crippen LogP contribution in [0.3, 0.4) is 0 Å². The van der Waals surface area contributed by atoms with Crippen LogP contribution in [0.25, 0.3) is 0 Å². The minimum absolute atomic E-state index is 0.0930. The number of hydrogen-bond acceptors (Lipinski definition) is 8. The Kier molecular flexibility index (Phi) is 13.5. The third-order valence-electron chi connectivity index (χ3n) is 8.73. The van der Waals surface area contributed by atoms with Gasteiger partial charge in [-0.2, -0.15) is 0 Å². The molecule has 12 nitrogen and oxygen atoms in total. The molecular formula is C42H44N6O6. The summed E-state index contributed by atoms with van der Waals surface area (Å²) in [4.78, 5) is 54.3. The van der Waals surface area contributed by atoms with Gasteiger partial charge in [0.15, 0.2) is 0 Å². The van der Waals surface area contributed by atoms with Gasteiger partial charge >= 0.3 is 0 Å². The van der Waals surface area contributed by atoms with Crippen LogP contribution in [0.15, 0.2) is 133 Å². The molecule has 12 heteroatoms. The first-order valence-corrected chi connectivity index (χ1v) is 17.5. The van der Waals surface area contributed by atoms with Crippen LogP contribution in [0.4, 0.5) is 11.4 Å². The highest BCUT2D eigenvalue weighted by atomic mass is 16.3. The molecule has 54 heavy (non-hydrogen) atoms. The number of rotatable bonds is 16. The second-order valence-electron chi connectivity index (χ2n) is 13.0. The molecule has 0 heterocycles. The lowest BCUT2D eigenvalue weighted by atomic mass is 10.0. The zero-order valence-electron chi connectivity index (χ0n) is 29.5. The Balaban J connectivity index is 1.30. The van der Waals surface area contributed by atoms with E-state index in [0.29, 0.717) is 0 Å². The van der Waals surface area contributed by atoms with E-state index in [2.05, 4.69) is 21.3 Å². The molecule has 0 unspecified atom stereocenters. The monoisotopic (exact) mass is 728 g/mol. The summed E-state index contributed by atoms with van der Waals surface area (Å²) in [5.74, 6) is -1.97. The van der Waals surface area contributed by atoms with Gasteiger partial charge in [0.2, 0.25) is 23.6 Å². The van der Waals surface area contributed by atoms with Gasteiger partial charge in [0.1, 0.15) is 23.6 Å². The Bertz CT molecular complexity index is 1860. The first kappa shape index (κ1) is 38.7. The molecule has 0 spiro atoms. The largest absolute Gasteiger partial charge is 0.508 e. The molecule has 0 aliphatic heterocycles. The van der Waals surface area contributed by atoms with Gasteiger partial charge in [-0.05, 0) is 71.5 Å². The number of para-hydroxylation sites is 2. The molecule has 4 amide bonds. The summed E-state index contributed by atoms with van der Waals surface area (Å²) >= 11 is 0. The second-order valence-corrected chi connectivity index (χ2v) is 13.0.